The predicted molar refractivity (Wildman–Crippen MR) is 69.2 cm³/mol. The average Bonchev–Trinajstić information content (AvgIpc) is 2.27. The van der Waals surface area contributed by atoms with Crippen LogP contribution in [0.4, 0.5) is 5.69 Å². The first-order valence-corrected chi connectivity index (χ1v) is 5.64. The minimum absolute atomic E-state index is 0.0668. The van der Waals surface area contributed by atoms with Gasteiger partial charge in [-0.2, -0.15) is 0 Å². The van der Waals surface area contributed by atoms with Crippen LogP contribution in [0.1, 0.15) is 24.2 Å². The molecular formula is C13H20N2O2. The maximum atomic E-state index is 12.2. The number of nitrogen functional groups attached to an aromatic ring is 1. The van der Waals surface area contributed by atoms with E-state index in [-0.39, 0.29) is 5.91 Å². The lowest BCUT2D eigenvalue weighted by atomic mass is 10.1. The standard InChI is InChI=1S/C13H20N2O2/c1-9(2)8-15(3)13(16)11-7-10(14)5-6-12(11)17-4/h5-7,9H,8,14H2,1-4H3. The monoisotopic (exact) mass is 236 g/mol. The van der Waals surface area contributed by atoms with Gasteiger partial charge in [-0.1, -0.05) is 13.8 Å². The van der Waals surface area contributed by atoms with Gasteiger partial charge in [-0.25, -0.2) is 0 Å². The molecule has 17 heavy (non-hydrogen) atoms. The highest BCUT2D eigenvalue weighted by molar-refractivity contribution is 5.97. The number of rotatable bonds is 4. The Hall–Kier alpha value is -1.71. The highest BCUT2D eigenvalue weighted by atomic mass is 16.5. The third kappa shape index (κ3) is 3.37. The highest BCUT2D eigenvalue weighted by Crippen LogP contribution is 2.22. The van der Waals surface area contributed by atoms with Crippen molar-refractivity contribution in [2.75, 3.05) is 26.4 Å². The van der Waals surface area contributed by atoms with E-state index < -0.39 is 0 Å². The van der Waals surface area contributed by atoms with Crippen molar-refractivity contribution < 1.29 is 9.53 Å². The van der Waals surface area contributed by atoms with E-state index in [4.69, 9.17) is 10.5 Å². The maximum Gasteiger partial charge on any atom is 0.257 e. The van der Waals surface area contributed by atoms with Gasteiger partial charge in [0.25, 0.3) is 5.91 Å². The first-order valence-electron chi connectivity index (χ1n) is 5.64. The van der Waals surface area contributed by atoms with E-state index in [0.29, 0.717) is 29.5 Å². The minimum Gasteiger partial charge on any atom is -0.496 e. The molecule has 0 unspecified atom stereocenters. The van der Waals surface area contributed by atoms with Gasteiger partial charge in [0.1, 0.15) is 5.75 Å². The van der Waals surface area contributed by atoms with Gasteiger partial charge in [0.2, 0.25) is 0 Å². The summed E-state index contributed by atoms with van der Waals surface area (Å²) in [5, 5.41) is 0. The second-order valence-electron chi connectivity index (χ2n) is 4.54. The van der Waals surface area contributed by atoms with E-state index in [1.54, 1.807) is 37.3 Å². The van der Waals surface area contributed by atoms with Crippen molar-refractivity contribution >= 4 is 11.6 Å². The molecule has 0 aromatic heterocycles. The molecule has 0 bridgehead atoms. The highest BCUT2D eigenvalue weighted by Gasteiger charge is 2.17. The molecule has 0 spiro atoms. The molecule has 2 N–H and O–H groups in total. The second-order valence-corrected chi connectivity index (χ2v) is 4.54. The van der Waals surface area contributed by atoms with Crippen LogP contribution in [0, 0.1) is 5.92 Å². The zero-order valence-electron chi connectivity index (χ0n) is 10.9. The number of nitrogens with zero attached hydrogens (tertiary/aromatic N) is 1. The summed E-state index contributed by atoms with van der Waals surface area (Å²) >= 11 is 0. The second kappa shape index (κ2) is 5.57. The molecule has 0 atom stereocenters. The zero-order valence-corrected chi connectivity index (χ0v) is 10.9. The molecule has 0 radical (unpaired) electrons. The fraction of sp³-hybridized carbons (Fsp3) is 0.462. The molecule has 0 fully saturated rings. The zero-order chi connectivity index (χ0) is 13.0. The van der Waals surface area contributed by atoms with Crippen LogP contribution in [0.15, 0.2) is 18.2 Å². The van der Waals surface area contributed by atoms with Gasteiger partial charge in [-0.15, -0.1) is 0 Å². The summed E-state index contributed by atoms with van der Waals surface area (Å²) in [5.41, 5.74) is 6.77. The van der Waals surface area contributed by atoms with Crippen molar-refractivity contribution in [2.45, 2.75) is 13.8 Å². The van der Waals surface area contributed by atoms with Crippen molar-refractivity contribution in [2.24, 2.45) is 5.92 Å². The van der Waals surface area contributed by atoms with Crippen LogP contribution in [-0.2, 0) is 0 Å². The fourth-order valence-electron chi connectivity index (χ4n) is 1.73. The first kappa shape index (κ1) is 13.4. The smallest absolute Gasteiger partial charge is 0.257 e. The number of carbonyl (C=O) groups is 1. The average molecular weight is 236 g/mol. The summed E-state index contributed by atoms with van der Waals surface area (Å²) in [4.78, 5) is 13.9. The van der Waals surface area contributed by atoms with Crippen molar-refractivity contribution in [1.29, 1.82) is 0 Å². The molecule has 0 aliphatic heterocycles. The van der Waals surface area contributed by atoms with Crippen molar-refractivity contribution in [3.05, 3.63) is 23.8 Å². The Bertz CT molecular complexity index is 402. The van der Waals surface area contributed by atoms with Crippen LogP contribution in [0.5, 0.6) is 5.75 Å². The molecule has 0 heterocycles. The Labute approximate surface area is 102 Å². The van der Waals surface area contributed by atoms with Crippen LogP contribution in [0.2, 0.25) is 0 Å². The first-order chi connectivity index (χ1) is 7.95. The number of ether oxygens (including phenoxy) is 1. The lowest BCUT2D eigenvalue weighted by Gasteiger charge is -2.20. The molecule has 0 aliphatic carbocycles. The Morgan fingerprint density at radius 2 is 2.12 bits per heavy atom. The molecular weight excluding hydrogens is 216 g/mol. The van der Waals surface area contributed by atoms with Crippen molar-refractivity contribution in [1.82, 2.24) is 4.90 Å². The normalized spacial score (nSPS) is 10.4. The number of methoxy groups -OCH3 is 1. The van der Waals surface area contributed by atoms with Gasteiger partial charge in [-0.05, 0) is 24.1 Å². The van der Waals surface area contributed by atoms with E-state index in [0.717, 1.165) is 0 Å². The van der Waals surface area contributed by atoms with E-state index in [9.17, 15) is 4.79 Å². The number of hydrogen-bond donors (Lipinski definition) is 1. The van der Waals surface area contributed by atoms with Crippen LogP contribution < -0.4 is 10.5 Å². The number of anilines is 1. The molecule has 4 nitrogen and oxygen atoms in total. The summed E-state index contributed by atoms with van der Waals surface area (Å²) in [5.74, 6) is 0.915. The van der Waals surface area contributed by atoms with E-state index in [2.05, 4.69) is 13.8 Å². The topological polar surface area (TPSA) is 55.6 Å². The molecule has 0 saturated carbocycles. The van der Waals surface area contributed by atoms with Crippen LogP contribution in [-0.4, -0.2) is 31.5 Å². The summed E-state index contributed by atoms with van der Waals surface area (Å²) < 4.78 is 5.17. The molecule has 1 aromatic carbocycles. The van der Waals surface area contributed by atoms with Gasteiger partial charge in [0, 0.05) is 19.3 Å². The number of benzene rings is 1. The lowest BCUT2D eigenvalue weighted by Crippen LogP contribution is -2.30. The fourth-order valence-corrected chi connectivity index (χ4v) is 1.73. The summed E-state index contributed by atoms with van der Waals surface area (Å²) in [6, 6.07) is 5.09. The molecule has 0 saturated heterocycles. The molecule has 1 rings (SSSR count). The third-order valence-electron chi connectivity index (χ3n) is 2.44. The van der Waals surface area contributed by atoms with Crippen LogP contribution in [0.25, 0.3) is 0 Å². The van der Waals surface area contributed by atoms with Gasteiger partial charge >= 0.3 is 0 Å². The van der Waals surface area contributed by atoms with Crippen LogP contribution in [0.3, 0.4) is 0 Å². The number of nitrogens with two attached hydrogens (primary N) is 1. The Balaban J connectivity index is 2.98. The molecule has 4 heteroatoms. The predicted octanol–water partition coefficient (Wildman–Crippen LogP) is 2.01. The molecule has 94 valence electrons. The van der Waals surface area contributed by atoms with Gasteiger partial charge in [0.15, 0.2) is 0 Å². The van der Waals surface area contributed by atoms with E-state index >= 15 is 0 Å². The van der Waals surface area contributed by atoms with Crippen molar-refractivity contribution in [3.8, 4) is 5.75 Å². The summed E-state index contributed by atoms with van der Waals surface area (Å²) in [7, 11) is 3.33. The Morgan fingerprint density at radius 1 is 1.47 bits per heavy atom. The molecule has 0 aliphatic rings. The van der Waals surface area contributed by atoms with Crippen LogP contribution >= 0.6 is 0 Å². The number of carbonyl (C=O) groups excluding carboxylic acids is 1. The lowest BCUT2D eigenvalue weighted by molar-refractivity contribution is 0.0776. The number of amides is 1. The Kier molecular flexibility index (Phi) is 4.37. The maximum absolute atomic E-state index is 12.2. The summed E-state index contributed by atoms with van der Waals surface area (Å²) in [6.07, 6.45) is 0. The van der Waals surface area contributed by atoms with E-state index in [1.165, 1.54) is 0 Å². The van der Waals surface area contributed by atoms with Gasteiger partial charge < -0.3 is 15.4 Å². The van der Waals surface area contributed by atoms with Crippen molar-refractivity contribution in [3.63, 3.8) is 0 Å². The van der Waals surface area contributed by atoms with E-state index in [1.807, 2.05) is 0 Å². The Morgan fingerprint density at radius 3 is 2.65 bits per heavy atom. The third-order valence-corrected chi connectivity index (χ3v) is 2.44. The number of hydrogen-bond acceptors (Lipinski definition) is 3. The quantitative estimate of drug-likeness (QED) is 0.813. The SMILES string of the molecule is COc1ccc(N)cc1C(=O)N(C)CC(C)C. The summed E-state index contributed by atoms with van der Waals surface area (Å²) in [6.45, 7) is 4.84. The molecule has 1 aromatic rings. The van der Waals surface area contributed by atoms with Gasteiger partial charge in [0.05, 0.1) is 12.7 Å². The molecule has 1 amide bonds. The minimum atomic E-state index is -0.0668. The largest absolute Gasteiger partial charge is 0.496 e. The van der Waals surface area contributed by atoms with Gasteiger partial charge in [-0.3, -0.25) is 4.79 Å².